The largest absolute Gasteiger partial charge is 0.298 e. The number of thiocarbonyl (C=S) groups is 1. The number of nitrogens with zero attached hydrogens (tertiary/aromatic N) is 3. The van der Waals surface area contributed by atoms with Gasteiger partial charge in [-0.2, -0.15) is 0 Å². The number of carbonyl (C=O) groups excluding carboxylic acids is 1. The van der Waals surface area contributed by atoms with Crippen molar-refractivity contribution in [3.63, 3.8) is 0 Å². The van der Waals surface area contributed by atoms with Crippen LogP contribution in [0, 0.1) is 6.92 Å². The summed E-state index contributed by atoms with van der Waals surface area (Å²) in [6.45, 7) is 3.82. The van der Waals surface area contributed by atoms with E-state index in [1.165, 1.54) is 11.8 Å². The van der Waals surface area contributed by atoms with E-state index in [9.17, 15) is 4.79 Å². The van der Waals surface area contributed by atoms with Crippen molar-refractivity contribution in [1.82, 2.24) is 20.2 Å². The molecule has 1 aromatic carbocycles. The molecule has 9 heteroatoms. The van der Waals surface area contributed by atoms with Crippen molar-refractivity contribution in [3.05, 3.63) is 40.1 Å². The van der Waals surface area contributed by atoms with E-state index in [0.29, 0.717) is 21.0 Å². The van der Waals surface area contributed by atoms with Crippen LogP contribution in [0.3, 0.4) is 0 Å². The van der Waals surface area contributed by atoms with Gasteiger partial charge in [0, 0.05) is 4.47 Å². The van der Waals surface area contributed by atoms with Crippen LogP contribution in [-0.2, 0) is 0 Å². The topological polar surface area (TPSA) is 71.8 Å². The van der Waals surface area contributed by atoms with E-state index < -0.39 is 0 Å². The van der Waals surface area contributed by atoms with E-state index >= 15 is 0 Å². The molecule has 2 aromatic rings. The number of rotatable bonds is 4. The minimum atomic E-state index is -0.291. The molecule has 2 rings (SSSR count). The fourth-order valence-electron chi connectivity index (χ4n) is 1.64. The summed E-state index contributed by atoms with van der Waals surface area (Å²) in [6, 6.07) is 7.14. The van der Waals surface area contributed by atoms with Gasteiger partial charge in [0.15, 0.2) is 5.11 Å². The molecule has 0 radical (unpaired) electrons. The van der Waals surface area contributed by atoms with Gasteiger partial charge in [-0.25, -0.2) is 4.68 Å². The Kier molecular flexibility index (Phi) is 5.92. The van der Waals surface area contributed by atoms with E-state index in [-0.39, 0.29) is 11.0 Å². The van der Waals surface area contributed by atoms with Crippen LogP contribution in [0.5, 0.6) is 0 Å². The lowest BCUT2D eigenvalue weighted by Crippen LogP contribution is -2.38. The highest BCUT2D eigenvalue weighted by molar-refractivity contribution is 9.10. The Morgan fingerprint density at radius 1 is 1.41 bits per heavy atom. The molecule has 2 N–H and O–H groups in total. The molecule has 0 saturated carbocycles. The lowest BCUT2D eigenvalue weighted by Gasteiger charge is -2.13. The van der Waals surface area contributed by atoms with Crippen LogP contribution in [-0.4, -0.2) is 31.6 Å². The molecular formula is C13H14BrN5OS2. The van der Waals surface area contributed by atoms with Crippen LogP contribution in [0.25, 0.3) is 0 Å². The molecule has 6 nitrogen and oxygen atoms in total. The molecule has 22 heavy (non-hydrogen) atoms. The maximum atomic E-state index is 12.2. The van der Waals surface area contributed by atoms with Gasteiger partial charge >= 0.3 is 0 Å². The zero-order valence-corrected chi connectivity index (χ0v) is 15.2. The summed E-state index contributed by atoms with van der Waals surface area (Å²) >= 11 is 10.0. The van der Waals surface area contributed by atoms with Crippen LogP contribution in [0.15, 0.2) is 33.9 Å². The molecule has 116 valence electrons. The fourth-order valence-corrected chi connectivity index (χ4v) is 2.95. The second-order valence-corrected chi connectivity index (χ2v) is 6.67. The van der Waals surface area contributed by atoms with Gasteiger partial charge in [-0.3, -0.25) is 15.5 Å². The van der Waals surface area contributed by atoms with Gasteiger partial charge in [-0.05, 0) is 53.0 Å². The molecule has 0 aliphatic rings. The number of aryl methyl sites for hydroxylation is 1. The number of hydrogen-bond donors (Lipinski definition) is 2. The molecule has 1 heterocycles. The van der Waals surface area contributed by atoms with Crippen molar-refractivity contribution < 1.29 is 4.79 Å². The third kappa shape index (κ3) is 4.05. The van der Waals surface area contributed by atoms with E-state index in [4.69, 9.17) is 12.2 Å². The van der Waals surface area contributed by atoms with Crippen molar-refractivity contribution in [2.45, 2.75) is 19.0 Å². The van der Waals surface area contributed by atoms with Crippen molar-refractivity contribution in [2.24, 2.45) is 0 Å². The smallest absolute Gasteiger partial charge is 0.258 e. The summed E-state index contributed by atoms with van der Waals surface area (Å²) < 4.78 is 2.36. The van der Waals surface area contributed by atoms with E-state index in [1.54, 1.807) is 29.8 Å². The summed E-state index contributed by atoms with van der Waals surface area (Å²) in [5.74, 6) is 1.23. The summed E-state index contributed by atoms with van der Waals surface area (Å²) in [6.07, 6.45) is 0. The van der Waals surface area contributed by atoms with Crippen LogP contribution in [0.1, 0.15) is 23.1 Å². The summed E-state index contributed by atoms with van der Waals surface area (Å²) in [5, 5.41) is 11.5. The average Bonchev–Trinajstić information content (AvgIpc) is 2.81. The molecule has 0 aliphatic heterocycles. The molecular weight excluding hydrogens is 386 g/mol. The van der Waals surface area contributed by atoms with Gasteiger partial charge in [0.1, 0.15) is 5.82 Å². The van der Waals surface area contributed by atoms with Crippen molar-refractivity contribution in [2.75, 3.05) is 11.2 Å². The zero-order valence-electron chi connectivity index (χ0n) is 12.0. The molecule has 0 bridgehead atoms. The minimum absolute atomic E-state index is 0.182. The van der Waals surface area contributed by atoms with Crippen molar-refractivity contribution in [1.29, 1.82) is 0 Å². The summed E-state index contributed by atoms with van der Waals surface area (Å²) in [4.78, 5) is 12.2. The van der Waals surface area contributed by atoms with E-state index in [2.05, 4.69) is 36.9 Å². The van der Waals surface area contributed by atoms with Gasteiger partial charge in [0.25, 0.3) is 5.91 Å². The first-order chi connectivity index (χ1) is 10.5. The fraction of sp³-hybridized carbons (Fsp3) is 0.231. The van der Waals surface area contributed by atoms with Gasteiger partial charge in [-0.1, -0.05) is 30.8 Å². The Hall–Kier alpha value is -1.45. The molecule has 0 fully saturated rings. The molecule has 0 saturated heterocycles. The number of aromatic nitrogens is 3. The first kappa shape index (κ1) is 16.9. The predicted octanol–water partition coefficient (Wildman–Crippen LogP) is 2.72. The quantitative estimate of drug-likeness (QED) is 0.608. The first-order valence-corrected chi connectivity index (χ1v) is 8.63. The lowest BCUT2D eigenvalue weighted by atomic mass is 10.2. The third-order valence-electron chi connectivity index (χ3n) is 2.63. The van der Waals surface area contributed by atoms with Crippen LogP contribution in [0.2, 0.25) is 0 Å². The van der Waals surface area contributed by atoms with Gasteiger partial charge < -0.3 is 0 Å². The second-order valence-electron chi connectivity index (χ2n) is 4.17. The van der Waals surface area contributed by atoms with Gasteiger partial charge in [-0.15, -0.1) is 10.2 Å². The number of hydrogen-bond acceptors (Lipinski definition) is 5. The normalized spacial score (nSPS) is 10.3. The summed E-state index contributed by atoms with van der Waals surface area (Å²) in [5.41, 5.74) is 3.43. The number of thioether (sulfide) groups is 1. The van der Waals surface area contributed by atoms with Gasteiger partial charge in [0.2, 0.25) is 5.16 Å². The molecule has 0 atom stereocenters. The van der Waals surface area contributed by atoms with Crippen LogP contribution < -0.4 is 10.7 Å². The highest BCUT2D eigenvalue weighted by atomic mass is 79.9. The third-order valence-corrected chi connectivity index (χ3v) is 4.32. The highest BCUT2D eigenvalue weighted by Gasteiger charge is 2.13. The molecule has 0 unspecified atom stereocenters. The second kappa shape index (κ2) is 7.70. The Balaban J connectivity index is 2.06. The summed E-state index contributed by atoms with van der Waals surface area (Å²) in [7, 11) is 0. The Morgan fingerprint density at radius 3 is 2.82 bits per heavy atom. The minimum Gasteiger partial charge on any atom is -0.298 e. The first-order valence-electron chi connectivity index (χ1n) is 6.44. The van der Waals surface area contributed by atoms with Crippen molar-refractivity contribution in [3.8, 4) is 0 Å². The van der Waals surface area contributed by atoms with Crippen LogP contribution >= 0.6 is 39.9 Å². The predicted molar refractivity (Wildman–Crippen MR) is 94.7 cm³/mol. The maximum Gasteiger partial charge on any atom is 0.258 e. The molecule has 1 amide bonds. The van der Waals surface area contributed by atoms with Crippen molar-refractivity contribution >= 4 is 50.9 Å². The SMILES string of the molecule is CCSc1nnc(C)n1NC(=S)NC(=O)c1ccccc1Br. The maximum absolute atomic E-state index is 12.2. The number of benzene rings is 1. The Labute approximate surface area is 146 Å². The monoisotopic (exact) mass is 399 g/mol. The lowest BCUT2D eigenvalue weighted by molar-refractivity contribution is 0.0976. The molecule has 1 aromatic heterocycles. The highest BCUT2D eigenvalue weighted by Crippen LogP contribution is 2.16. The number of amides is 1. The number of nitrogens with one attached hydrogen (secondary N) is 2. The van der Waals surface area contributed by atoms with E-state index in [1.807, 2.05) is 13.0 Å². The Morgan fingerprint density at radius 2 is 2.14 bits per heavy atom. The van der Waals surface area contributed by atoms with Gasteiger partial charge in [0.05, 0.1) is 5.56 Å². The number of carbonyl (C=O) groups is 1. The number of halogens is 1. The Bertz CT molecular complexity index is 703. The molecule has 0 spiro atoms. The zero-order chi connectivity index (χ0) is 16.1. The standard InChI is InChI=1S/C13H14BrN5OS2/c1-3-22-13-17-16-8(2)19(13)18-12(21)15-11(20)9-6-4-5-7-10(9)14/h4-7H,3H2,1-2H3,(H2,15,18,20,21). The van der Waals surface area contributed by atoms with Crippen LogP contribution in [0.4, 0.5) is 0 Å². The molecule has 0 aliphatic carbocycles. The average molecular weight is 400 g/mol. The van der Waals surface area contributed by atoms with E-state index in [0.717, 1.165) is 5.75 Å².